The van der Waals surface area contributed by atoms with Gasteiger partial charge in [0.2, 0.25) is 0 Å². The zero-order valence-corrected chi connectivity index (χ0v) is 43.2. The van der Waals surface area contributed by atoms with Crippen LogP contribution >= 0.6 is 0 Å². The molecular formula is C39H65F7O29S2-2. The van der Waals surface area contributed by atoms with E-state index < -0.39 is 214 Å². The van der Waals surface area contributed by atoms with Crippen molar-refractivity contribution in [3.05, 3.63) is 0 Å². The lowest BCUT2D eigenvalue weighted by Gasteiger charge is -2.47. The summed E-state index contributed by atoms with van der Waals surface area (Å²) in [6, 6.07) is 0. The Bertz CT molecular complexity index is 1740. The van der Waals surface area contributed by atoms with Gasteiger partial charge in [0.05, 0.1) is 56.9 Å². The van der Waals surface area contributed by atoms with E-state index >= 15 is 0 Å². The van der Waals surface area contributed by atoms with E-state index in [1.165, 1.54) is 21.0 Å². The Balaban J connectivity index is 0.00000409. The van der Waals surface area contributed by atoms with Gasteiger partial charge in [-0.15, -0.1) is 8.67 Å². The molecule has 27 atom stereocenters. The maximum Gasteiger partial charge on any atom is 0.335 e. The van der Waals surface area contributed by atoms with Gasteiger partial charge in [0, 0.05) is 71.1 Å². The largest absolute Gasteiger partial charge is 0.748 e. The van der Waals surface area contributed by atoms with Crippen molar-refractivity contribution in [1.29, 1.82) is 0 Å². The second-order valence-corrected chi connectivity index (χ2v) is 18.7. The van der Waals surface area contributed by atoms with Crippen molar-refractivity contribution >= 4 is 34.7 Å². The third-order valence-corrected chi connectivity index (χ3v) is 13.4. The first kappa shape index (κ1) is 72.8. The van der Waals surface area contributed by atoms with Crippen LogP contribution in [0.2, 0.25) is 0 Å². The Morgan fingerprint density at radius 2 is 0.870 bits per heavy atom. The van der Waals surface area contributed by atoms with E-state index in [4.69, 9.17) is 89.3 Å². The molecule has 12 unspecified atom stereocenters. The number of aliphatic hydroxyl groups excluding tert-OH is 7. The number of ether oxygens (including phenoxy) is 11. The predicted molar refractivity (Wildman–Crippen MR) is 229 cm³/mol. The van der Waals surface area contributed by atoms with Crippen LogP contribution in [0.5, 0.6) is 0 Å². The Morgan fingerprint density at radius 3 is 1.26 bits per heavy atom. The zero-order chi connectivity index (χ0) is 57.9. The minimum Gasteiger partial charge on any atom is -0.748 e. The monoisotopic (exact) mass is 1190 g/mol. The summed E-state index contributed by atoms with van der Waals surface area (Å²) in [7, 11) is 1.28. The molecule has 5 saturated heterocycles. The van der Waals surface area contributed by atoms with Crippen LogP contribution in [0.15, 0.2) is 0 Å². The van der Waals surface area contributed by atoms with E-state index in [1.54, 1.807) is 20.8 Å². The van der Waals surface area contributed by atoms with Gasteiger partial charge in [0.25, 0.3) is 0 Å². The maximum atomic E-state index is 12.4. The second kappa shape index (κ2) is 35.6. The van der Waals surface area contributed by atoms with Crippen molar-refractivity contribution in [2.45, 2.75) is 171 Å². The summed E-state index contributed by atoms with van der Waals surface area (Å²) in [5.74, 6) is -7.65. The number of esters is 1. The Kier molecular flexibility index (Phi) is 33.7. The number of carboxylic acids is 1. The topological polar surface area (TPSA) is 415 Å². The molecule has 77 heavy (non-hydrogen) atoms. The number of halogens is 7. The van der Waals surface area contributed by atoms with Gasteiger partial charge in [-0.05, 0) is 34.1 Å². The quantitative estimate of drug-likeness (QED) is 0.0198. The third-order valence-electron chi connectivity index (χ3n) is 13.1. The molecule has 0 saturated carbocycles. The molecule has 8 N–H and O–H groups in total. The zero-order valence-electron chi connectivity index (χ0n) is 41.6. The van der Waals surface area contributed by atoms with Crippen molar-refractivity contribution in [2.24, 2.45) is 29.6 Å². The second-order valence-electron chi connectivity index (χ2n) is 17.6. The van der Waals surface area contributed by atoms with Gasteiger partial charge in [-0.2, -0.15) is 0 Å². The van der Waals surface area contributed by atoms with Gasteiger partial charge in [0.15, 0.2) is 37.6 Å². The molecule has 0 amide bonds. The summed E-state index contributed by atoms with van der Waals surface area (Å²) >= 11 is -6.42. The minimum absolute atomic E-state index is 0. The molecule has 0 bridgehead atoms. The number of carboxylic acid groups (broad SMARTS) is 1. The van der Waals surface area contributed by atoms with Crippen LogP contribution in [0.25, 0.3) is 0 Å². The van der Waals surface area contributed by atoms with E-state index in [1.807, 2.05) is 0 Å². The summed E-state index contributed by atoms with van der Waals surface area (Å²) in [6.45, 7) is 6.74. The van der Waals surface area contributed by atoms with Crippen molar-refractivity contribution in [2.75, 3.05) is 33.5 Å². The van der Waals surface area contributed by atoms with Crippen molar-refractivity contribution < 1.29 is 171 Å². The van der Waals surface area contributed by atoms with Crippen LogP contribution < -0.4 is 0 Å². The number of hydrogen-bond donors (Lipinski definition) is 8. The van der Waals surface area contributed by atoms with Crippen LogP contribution in [-0.2, 0) is 103 Å². The summed E-state index contributed by atoms with van der Waals surface area (Å²) in [6.07, 6.45) is -28.8. The Hall–Kier alpha value is -2.17. The van der Waals surface area contributed by atoms with Gasteiger partial charge in [0.1, 0.15) is 77.7 Å². The van der Waals surface area contributed by atoms with Gasteiger partial charge < -0.3 is 102 Å². The fraction of sp³-hybridized carbons (Fsp3) is 0.949. The number of carbonyl (C=O) groups excluding carboxylic acids is 1. The summed E-state index contributed by atoms with van der Waals surface area (Å²) in [4.78, 5) is 34.4. The molecule has 0 aliphatic carbocycles. The highest BCUT2D eigenvalue weighted by atomic mass is 32.2. The normalized spacial score (nSPS) is 41.8. The number of carbonyl (C=O) groups is 2. The Morgan fingerprint density at radius 1 is 0.506 bits per heavy atom. The molecule has 29 nitrogen and oxygen atoms in total. The molecule has 0 aromatic heterocycles. The van der Waals surface area contributed by atoms with E-state index in [2.05, 4.69) is 8.67 Å². The molecule has 0 radical (unpaired) electrons. The van der Waals surface area contributed by atoms with Crippen LogP contribution in [0, 0.1) is 29.6 Å². The number of rotatable bonds is 22. The fourth-order valence-corrected chi connectivity index (χ4v) is 9.62. The van der Waals surface area contributed by atoms with Crippen molar-refractivity contribution in [1.82, 2.24) is 0 Å². The molecule has 5 aliphatic rings. The first-order valence-electron chi connectivity index (χ1n) is 22.7. The minimum atomic E-state index is -3.24. The first-order valence-corrected chi connectivity index (χ1v) is 24.7. The molecule has 458 valence electrons. The van der Waals surface area contributed by atoms with Gasteiger partial charge in [-0.25, -0.2) is 23.0 Å². The SMILES string of the molecule is CC[C@@H]1C(O)[C@H](OC[C@@H]2C(O)[C@H](OC[C@@H]3C(O)[C@H](OC[C@@H]4C(CO[C@H]5OC(C(=O)O)[C@@H](O)[C@@H](O)C5O)[C@H](OC)OC(C)[C@H]4OC(C)=O)OC(C)[C@H]3OOS(=O)[O-])OC(C)[C@H]2OOS(=O)[O-])OC(C)[C@H]1O.F.FF.FF.FF. The van der Waals surface area contributed by atoms with Gasteiger partial charge in [-0.3, -0.25) is 9.50 Å². The molecule has 5 rings (SSSR count). The van der Waals surface area contributed by atoms with Crippen LogP contribution in [0.4, 0.5) is 32.1 Å². The summed E-state index contributed by atoms with van der Waals surface area (Å²) in [5, 5.41) is 85.7. The molecule has 5 fully saturated rings. The van der Waals surface area contributed by atoms with Crippen LogP contribution in [-0.4, -0.2) is 227 Å². The maximum absolute atomic E-state index is 12.4. The van der Waals surface area contributed by atoms with E-state index in [-0.39, 0.29) is 4.70 Å². The lowest BCUT2D eigenvalue weighted by atomic mass is 9.82. The molecule has 0 spiro atoms. The Labute approximate surface area is 438 Å². The average molecular weight is 1200 g/mol. The molecule has 0 aromatic carbocycles. The highest BCUT2D eigenvalue weighted by molar-refractivity contribution is 7.74. The van der Waals surface area contributed by atoms with E-state index in [9.17, 15) is 68.0 Å². The summed E-state index contributed by atoms with van der Waals surface area (Å²) in [5.41, 5.74) is 0. The molecule has 0 aromatic rings. The van der Waals surface area contributed by atoms with Crippen LogP contribution in [0.3, 0.4) is 0 Å². The highest BCUT2D eigenvalue weighted by Crippen LogP contribution is 2.39. The summed E-state index contributed by atoms with van der Waals surface area (Å²) < 4.78 is 166. The lowest BCUT2D eigenvalue weighted by Crippen LogP contribution is -2.61. The molecule has 38 heteroatoms. The number of aliphatic hydroxyl groups is 7. The molecular weight excluding hydrogens is 1130 g/mol. The highest BCUT2D eigenvalue weighted by Gasteiger charge is 2.54. The molecule has 5 heterocycles. The first-order chi connectivity index (χ1) is 36.0. The lowest BCUT2D eigenvalue weighted by molar-refractivity contribution is -0.372. The average Bonchev–Trinajstić information content (AvgIpc) is 3.38. The van der Waals surface area contributed by atoms with Crippen molar-refractivity contribution in [3.8, 4) is 0 Å². The molecule has 5 aliphatic heterocycles. The number of aliphatic carboxylic acids is 1. The number of methoxy groups -OCH3 is 1. The number of hydrogen-bond acceptors (Lipinski definition) is 28. The fourth-order valence-electron chi connectivity index (χ4n) is 9.31. The van der Waals surface area contributed by atoms with E-state index in [0.717, 1.165) is 6.92 Å². The smallest absolute Gasteiger partial charge is 0.335 e. The van der Waals surface area contributed by atoms with Gasteiger partial charge >= 0.3 is 11.9 Å². The van der Waals surface area contributed by atoms with Crippen LogP contribution in [0.1, 0.15) is 48.0 Å². The van der Waals surface area contributed by atoms with Gasteiger partial charge in [-0.1, -0.05) is 6.92 Å². The van der Waals surface area contributed by atoms with Crippen molar-refractivity contribution in [3.63, 3.8) is 0 Å². The van der Waals surface area contributed by atoms with E-state index in [0.29, 0.717) is 6.42 Å². The predicted octanol–water partition coefficient (Wildman–Crippen LogP) is -1.67. The standard InChI is InChI=1S/C39H66O29S2.3F2.FH/c1-8-18-23(41)13(2)59-36(24(18)42)57-11-21-26(44)38(62-16(5)32(21)66-68-70(52)53)58-12-22-25(43)37(61-15(4)31(22)65-67-69(50)51)55-9-19-20(35(54-7)60-14(3)30(19)63-17(6)40)10-56-39-29(47)27(45)28(46)33(64-39)34(48)49;3*1-2;/h13-16,18-33,35-39,41-47H,8-12H2,1-7H3,(H,48,49)(H,50,51)(H,52,53);;;;1H/p-2/t13?,14?,15?,16?,18-,19+,20?,21+,22+,23+,24?,25?,26?,27+,28-,29?,30+,31+,32+,33?,35+,36+,37+,38+,39-;;;;/m0..../s1. The third kappa shape index (κ3) is 19.5.